The van der Waals surface area contributed by atoms with E-state index in [0.29, 0.717) is 5.16 Å². The number of nitrogens with two attached hydrogens (primary N) is 1. The number of nitrogens with zero attached hydrogens (tertiary/aromatic N) is 3. The molecular weight excluding hydrogens is 366 g/mol. The molecule has 2 heterocycles. The van der Waals surface area contributed by atoms with Crippen molar-refractivity contribution in [2.24, 2.45) is 5.73 Å². The molecule has 0 fully saturated rings. The van der Waals surface area contributed by atoms with Crippen molar-refractivity contribution < 1.29 is 14.0 Å². The lowest BCUT2D eigenvalue weighted by atomic mass is 10.1. The first kappa shape index (κ1) is 17.3. The van der Waals surface area contributed by atoms with Gasteiger partial charge >= 0.3 is 0 Å². The number of hydrogen-bond donors (Lipinski definition) is 2. The standard InChI is InChI=1S/C18H17N5O3S/c19-16(25)15-12-7-4-8-13(12)26-17(15)21-14(24)9-27-18-22-20-10-23(18)11-5-2-1-3-6-11/h1-3,5-6,10H,4,7-9H2,(H2,19,25)(H,21,24). The largest absolute Gasteiger partial charge is 0.444 e. The summed E-state index contributed by atoms with van der Waals surface area (Å²) in [7, 11) is 0. The van der Waals surface area contributed by atoms with E-state index in [2.05, 4.69) is 15.5 Å². The molecule has 1 aromatic carbocycles. The fourth-order valence-electron chi connectivity index (χ4n) is 3.13. The van der Waals surface area contributed by atoms with Gasteiger partial charge in [0.15, 0.2) is 5.16 Å². The molecule has 138 valence electrons. The van der Waals surface area contributed by atoms with Gasteiger partial charge in [0.2, 0.25) is 11.8 Å². The smallest absolute Gasteiger partial charge is 0.254 e. The summed E-state index contributed by atoms with van der Waals surface area (Å²) in [4.78, 5) is 24.1. The van der Waals surface area contributed by atoms with Crippen molar-refractivity contribution in [3.8, 4) is 5.69 Å². The van der Waals surface area contributed by atoms with Gasteiger partial charge in [-0.25, -0.2) is 0 Å². The summed E-state index contributed by atoms with van der Waals surface area (Å²) in [5.74, 6) is 0.0684. The number of thioether (sulfide) groups is 1. The third-order valence-electron chi connectivity index (χ3n) is 4.30. The predicted molar refractivity (Wildman–Crippen MR) is 100.0 cm³/mol. The number of furan rings is 1. The number of nitrogens with one attached hydrogen (secondary N) is 1. The maximum Gasteiger partial charge on any atom is 0.254 e. The molecule has 0 spiro atoms. The number of primary amides is 1. The van der Waals surface area contributed by atoms with Crippen LogP contribution in [0, 0.1) is 0 Å². The van der Waals surface area contributed by atoms with Crippen LogP contribution >= 0.6 is 11.8 Å². The Balaban J connectivity index is 1.45. The minimum Gasteiger partial charge on any atom is -0.444 e. The van der Waals surface area contributed by atoms with Crippen LogP contribution < -0.4 is 11.1 Å². The predicted octanol–water partition coefficient (Wildman–Crippen LogP) is 2.18. The monoisotopic (exact) mass is 383 g/mol. The van der Waals surface area contributed by atoms with Crippen LogP contribution in [-0.2, 0) is 17.6 Å². The van der Waals surface area contributed by atoms with Crippen LogP contribution in [0.2, 0.25) is 0 Å². The van der Waals surface area contributed by atoms with Crippen molar-refractivity contribution >= 4 is 29.5 Å². The molecule has 0 radical (unpaired) electrons. The summed E-state index contributed by atoms with van der Waals surface area (Å²) in [6.07, 6.45) is 4.01. The molecule has 27 heavy (non-hydrogen) atoms. The minimum atomic E-state index is -0.589. The van der Waals surface area contributed by atoms with Crippen LogP contribution in [0.3, 0.4) is 0 Å². The first-order valence-corrected chi connectivity index (χ1v) is 9.44. The lowest BCUT2D eigenvalue weighted by molar-refractivity contribution is -0.113. The van der Waals surface area contributed by atoms with Crippen molar-refractivity contribution in [2.75, 3.05) is 11.1 Å². The van der Waals surface area contributed by atoms with E-state index < -0.39 is 5.91 Å². The Morgan fingerprint density at radius 3 is 2.85 bits per heavy atom. The van der Waals surface area contributed by atoms with Gasteiger partial charge in [0.05, 0.1) is 5.75 Å². The van der Waals surface area contributed by atoms with Gasteiger partial charge < -0.3 is 10.2 Å². The lowest BCUT2D eigenvalue weighted by Crippen LogP contribution is -2.19. The molecule has 0 aliphatic heterocycles. The quantitative estimate of drug-likeness (QED) is 0.630. The highest BCUT2D eigenvalue weighted by molar-refractivity contribution is 7.99. The Labute approximate surface area is 159 Å². The van der Waals surface area contributed by atoms with E-state index in [4.69, 9.17) is 10.2 Å². The number of hydrogen-bond acceptors (Lipinski definition) is 6. The third-order valence-corrected chi connectivity index (χ3v) is 5.25. The van der Waals surface area contributed by atoms with E-state index in [1.807, 2.05) is 30.3 Å². The highest BCUT2D eigenvalue weighted by Crippen LogP contribution is 2.34. The molecule has 0 saturated carbocycles. The average Bonchev–Trinajstić information content (AvgIpc) is 3.36. The van der Waals surface area contributed by atoms with E-state index >= 15 is 0 Å². The summed E-state index contributed by atoms with van der Waals surface area (Å²) in [6, 6.07) is 9.61. The second kappa shape index (κ2) is 7.28. The molecule has 3 aromatic rings. The molecule has 0 atom stereocenters. The highest BCUT2D eigenvalue weighted by Gasteiger charge is 2.28. The summed E-state index contributed by atoms with van der Waals surface area (Å²) < 4.78 is 7.44. The van der Waals surface area contributed by atoms with Crippen LogP contribution in [0.5, 0.6) is 0 Å². The Bertz CT molecular complexity index is 996. The maximum absolute atomic E-state index is 12.4. The summed E-state index contributed by atoms with van der Waals surface area (Å²) in [5, 5.41) is 11.2. The van der Waals surface area contributed by atoms with Crippen LogP contribution in [0.15, 0.2) is 46.2 Å². The second-order valence-corrected chi connectivity index (χ2v) is 7.02. The number of amides is 2. The van der Waals surface area contributed by atoms with Gasteiger partial charge in [-0.05, 0) is 25.0 Å². The van der Waals surface area contributed by atoms with Crippen molar-refractivity contribution in [3.05, 3.63) is 53.5 Å². The number of rotatable bonds is 6. The number of aromatic nitrogens is 3. The fraction of sp³-hybridized carbons (Fsp3) is 0.222. The Hall–Kier alpha value is -3.07. The molecule has 3 N–H and O–H groups in total. The molecule has 4 rings (SSSR count). The molecule has 8 nitrogen and oxygen atoms in total. The van der Waals surface area contributed by atoms with Crippen molar-refractivity contribution in [3.63, 3.8) is 0 Å². The zero-order valence-corrected chi connectivity index (χ0v) is 15.2. The van der Waals surface area contributed by atoms with Gasteiger partial charge in [-0.2, -0.15) is 0 Å². The van der Waals surface area contributed by atoms with Gasteiger partial charge in [-0.15, -0.1) is 10.2 Å². The van der Waals surface area contributed by atoms with Gasteiger partial charge in [0.25, 0.3) is 5.91 Å². The fourth-order valence-corrected chi connectivity index (χ4v) is 3.86. The zero-order chi connectivity index (χ0) is 18.8. The minimum absolute atomic E-state index is 0.0924. The molecular formula is C18H17N5O3S. The van der Waals surface area contributed by atoms with Gasteiger partial charge in [-0.3, -0.25) is 19.5 Å². The van der Waals surface area contributed by atoms with E-state index in [0.717, 1.165) is 36.3 Å². The maximum atomic E-state index is 12.4. The molecule has 1 aliphatic rings. The van der Waals surface area contributed by atoms with Crippen LogP contribution in [0.4, 0.5) is 5.88 Å². The molecule has 0 saturated heterocycles. The number of benzene rings is 1. The van der Waals surface area contributed by atoms with Crippen molar-refractivity contribution in [1.82, 2.24) is 14.8 Å². The first-order valence-electron chi connectivity index (χ1n) is 8.46. The average molecular weight is 383 g/mol. The Kier molecular flexibility index (Phi) is 4.68. The lowest BCUT2D eigenvalue weighted by Gasteiger charge is -2.06. The topological polar surface area (TPSA) is 116 Å². The molecule has 9 heteroatoms. The number of carbonyl (C=O) groups is 2. The number of carbonyl (C=O) groups excluding carboxylic acids is 2. The Morgan fingerprint density at radius 2 is 2.07 bits per heavy atom. The van der Waals surface area contributed by atoms with E-state index in [-0.39, 0.29) is 23.1 Å². The molecule has 2 amide bonds. The van der Waals surface area contributed by atoms with Crippen LogP contribution in [0.25, 0.3) is 5.69 Å². The zero-order valence-electron chi connectivity index (χ0n) is 14.3. The summed E-state index contributed by atoms with van der Waals surface area (Å²) in [5.41, 5.74) is 7.47. The molecule has 0 bridgehead atoms. The Morgan fingerprint density at radius 1 is 1.26 bits per heavy atom. The number of aryl methyl sites for hydroxylation is 1. The summed E-state index contributed by atoms with van der Waals surface area (Å²) in [6.45, 7) is 0. The van der Waals surface area contributed by atoms with Crippen molar-refractivity contribution in [1.29, 1.82) is 0 Å². The highest BCUT2D eigenvalue weighted by atomic mass is 32.2. The number of fused-ring (bicyclic) bond motifs is 1. The first-order chi connectivity index (χ1) is 13.1. The van der Waals surface area contributed by atoms with Gasteiger partial charge in [0, 0.05) is 17.7 Å². The number of para-hydroxylation sites is 1. The van der Waals surface area contributed by atoms with Crippen LogP contribution in [0.1, 0.15) is 28.1 Å². The van der Waals surface area contributed by atoms with Gasteiger partial charge in [-0.1, -0.05) is 30.0 Å². The normalized spacial score (nSPS) is 12.7. The molecule has 1 aliphatic carbocycles. The molecule has 2 aromatic heterocycles. The summed E-state index contributed by atoms with van der Waals surface area (Å²) >= 11 is 1.24. The SMILES string of the molecule is NC(=O)c1c(NC(=O)CSc2nncn2-c2ccccc2)oc2c1CCC2. The number of anilines is 1. The third kappa shape index (κ3) is 3.45. The second-order valence-electron chi connectivity index (χ2n) is 6.08. The van der Waals surface area contributed by atoms with E-state index in [1.54, 1.807) is 10.9 Å². The van der Waals surface area contributed by atoms with Gasteiger partial charge in [0.1, 0.15) is 17.7 Å². The van der Waals surface area contributed by atoms with E-state index in [9.17, 15) is 9.59 Å². The van der Waals surface area contributed by atoms with Crippen LogP contribution in [-0.4, -0.2) is 32.3 Å². The van der Waals surface area contributed by atoms with E-state index in [1.165, 1.54) is 11.8 Å². The molecule has 0 unspecified atom stereocenters. The van der Waals surface area contributed by atoms with Crippen molar-refractivity contribution in [2.45, 2.75) is 24.4 Å².